The fraction of sp³-hybridized carbons (Fsp3) is 0.188. The molecule has 0 saturated carbocycles. The molecule has 0 aromatic heterocycles. The Morgan fingerprint density at radius 3 is 0.850 bits per heavy atom. The van der Waals surface area contributed by atoms with Crippen LogP contribution in [-0.4, -0.2) is 31.3 Å². The van der Waals surface area contributed by atoms with Crippen molar-refractivity contribution in [3.63, 3.8) is 0 Å². The van der Waals surface area contributed by atoms with Crippen LogP contribution in [0.25, 0.3) is 0 Å². The minimum Gasteiger partial charge on any atom is -0.172 e. The molecular weight excluding hydrogens is 538 g/mol. The summed E-state index contributed by atoms with van der Waals surface area (Å²) in [5.74, 6) is 5.24. The Morgan fingerprint density at radius 1 is 0.450 bits per heavy atom. The third kappa shape index (κ3) is 9.00. The quantitative estimate of drug-likeness (QED) is 0.144. The average Bonchev–Trinajstić information content (AvgIpc) is 2.93. The van der Waals surface area contributed by atoms with Gasteiger partial charge in [-0.2, -0.15) is 11.6 Å². The number of hydrogen-bond acceptors (Lipinski definition) is 0. The molecule has 40 heavy (non-hydrogen) atoms. The van der Waals surface area contributed by atoms with E-state index in [1.54, 1.807) is 0 Å². The normalized spacial score (nSPS) is 12.2. The third-order valence-electron chi connectivity index (χ3n) is 7.25. The first-order valence-electron chi connectivity index (χ1n) is 13.4. The molecule has 4 rings (SSSR count). The molecule has 0 saturated heterocycles. The zero-order valence-corrected chi connectivity index (χ0v) is 29.0. The summed E-state index contributed by atoms with van der Waals surface area (Å²) in [4.78, 5) is 0. The fourth-order valence-corrected chi connectivity index (χ4v) is 25.8. The first-order valence-corrected chi connectivity index (χ1v) is 23.8. The molecule has 0 aliphatic heterocycles. The average molecular weight is 576 g/mol. The molecule has 0 aliphatic carbocycles. The van der Waals surface area contributed by atoms with Gasteiger partial charge in [0.2, 0.25) is 0 Å². The Hall–Kier alpha value is -0.502. The maximum absolute atomic E-state index is 7.40. The van der Waals surface area contributed by atoms with Crippen LogP contribution in [0, 0.1) is 11.6 Å². The van der Waals surface area contributed by atoms with Gasteiger partial charge in [-0.05, 0) is 48.5 Å². The Kier molecular flexibility index (Phi) is 13.6. The summed E-state index contributed by atoms with van der Waals surface area (Å²) >= 11 is 0. The molecule has 0 amide bonds. The maximum atomic E-state index is 7.40. The van der Waals surface area contributed by atoms with E-state index in [4.69, 9.17) is 15.1 Å². The van der Waals surface area contributed by atoms with Gasteiger partial charge in [0, 0.05) is 0 Å². The standard InChI is InChI=1S/C32H38B2P2Si2.2Li/c1-37(2,27-35(33,29-17-9-5-10-18-29)30-19-11-6-12-20-30)25-26-38(3,4)28-36(34,31-21-13-7-14-22-31)32-23-15-8-16-24-32;;/h5-24,27-28H,25-26H2,1-4H3;;/q;2*+1. The van der Waals surface area contributed by atoms with Crippen molar-refractivity contribution >= 4 is 66.8 Å². The molecule has 0 heterocycles. The van der Waals surface area contributed by atoms with Crippen LogP contribution in [0.1, 0.15) is 0 Å². The molecule has 4 aromatic carbocycles. The van der Waals surface area contributed by atoms with Gasteiger partial charge in [-0.25, -0.2) is 0 Å². The Balaban J connectivity index is 0.00000280. The first-order chi connectivity index (χ1) is 18.0. The summed E-state index contributed by atoms with van der Waals surface area (Å²) in [5.41, 5.74) is 0. The van der Waals surface area contributed by atoms with Crippen molar-refractivity contribution in [3.05, 3.63) is 133 Å². The molecule has 0 fully saturated rings. The van der Waals surface area contributed by atoms with Gasteiger partial charge in [-0.15, -0.1) is 14.3 Å². The van der Waals surface area contributed by atoms with Crippen LogP contribution in [0.3, 0.4) is 0 Å². The fourth-order valence-electron chi connectivity index (χ4n) is 5.17. The summed E-state index contributed by atoms with van der Waals surface area (Å²) in [6, 6.07) is 45.3. The Bertz CT molecular complexity index is 1110. The number of rotatable bonds is 11. The summed E-state index contributed by atoms with van der Waals surface area (Å²) in [6.45, 7) is 9.96. The predicted octanol–water partition coefficient (Wildman–Crippen LogP) is 1.32. The van der Waals surface area contributed by atoms with Crippen molar-refractivity contribution < 1.29 is 37.7 Å². The topological polar surface area (TPSA) is 0 Å². The smallest absolute Gasteiger partial charge is 0.172 e. The molecule has 8 heteroatoms. The number of hydrogen-bond donors (Lipinski definition) is 0. The first kappa shape index (κ1) is 35.7. The van der Waals surface area contributed by atoms with Crippen LogP contribution < -0.4 is 58.9 Å². The minimum absolute atomic E-state index is 0. The van der Waals surface area contributed by atoms with E-state index < -0.39 is 30.4 Å². The molecule has 0 bridgehead atoms. The van der Waals surface area contributed by atoms with E-state index in [-0.39, 0.29) is 37.7 Å². The zero-order chi connectivity index (χ0) is 27.3. The molecule has 0 unspecified atom stereocenters. The van der Waals surface area contributed by atoms with Gasteiger partial charge in [0.1, 0.15) is 0 Å². The van der Waals surface area contributed by atoms with Gasteiger partial charge in [0.05, 0.1) is 21.2 Å². The van der Waals surface area contributed by atoms with E-state index in [9.17, 15) is 0 Å². The Labute approximate surface area is 273 Å². The molecule has 0 atom stereocenters. The van der Waals surface area contributed by atoms with Gasteiger partial charge < -0.3 is 0 Å². The Morgan fingerprint density at radius 2 is 0.650 bits per heavy atom. The summed E-state index contributed by atoms with van der Waals surface area (Å²) in [6.07, 6.45) is 0. The largest absolute Gasteiger partial charge is 1.00 e. The van der Waals surface area contributed by atoms with Crippen molar-refractivity contribution in [2.45, 2.75) is 38.3 Å². The van der Waals surface area contributed by atoms with Crippen molar-refractivity contribution in [1.29, 1.82) is 0 Å². The van der Waals surface area contributed by atoms with Gasteiger partial charge in [-0.1, -0.05) is 127 Å². The van der Waals surface area contributed by atoms with Crippen LogP contribution >= 0.6 is 14.3 Å². The molecule has 0 nitrogen and oxygen atoms in total. The molecule has 190 valence electrons. The second kappa shape index (κ2) is 15.3. The van der Waals surface area contributed by atoms with Crippen LogP contribution in [0.2, 0.25) is 38.3 Å². The summed E-state index contributed by atoms with van der Waals surface area (Å²) < 4.78 is 0. The SMILES string of the molecule is [B][P+]([CH-][Si](C)(C)CC[Si](C)(C)[CH-][P+]([B])(c1ccccc1)c1ccccc1)(c1ccccc1)c1ccccc1.[Li+].[Li+]. The van der Waals surface area contributed by atoms with Crippen molar-refractivity contribution in [2.75, 3.05) is 0 Å². The second-order valence-corrected chi connectivity index (χ2v) is 27.8. The molecule has 0 N–H and O–H groups in total. The molecular formula is C32H38B2Li2P2Si2+2. The van der Waals surface area contributed by atoms with E-state index in [1.807, 2.05) is 0 Å². The van der Waals surface area contributed by atoms with Crippen LogP contribution in [0.15, 0.2) is 121 Å². The van der Waals surface area contributed by atoms with E-state index in [0.29, 0.717) is 0 Å². The van der Waals surface area contributed by atoms with Crippen LogP contribution in [0.4, 0.5) is 0 Å². The van der Waals surface area contributed by atoms with Crippen LogP contribution in [0.5, 0.6) is 0 Å². The summed E-state index contributed by atoms with van der Waals surface area (Å²) in [7, 11) is 7.09. The zero-order valence-electron chi connectivity index (χ0n) is 25.2. The summed E-state index contributed by atoms with van der Waals surface area (Å²) in [5, 5.41) is 5.04. The van der Waals surface area contributed by atoms with Gasteiger partial charge >= 0.3 is 52.9 Å². The molecule has 0 spiro atoms. The second-order valence-electron chi connectivity index (χ2n) is 11.6. The van der Waals surface area contributed by atoms with E-state index in [1.165, 1.54) is 33.3 Å². The predicted molar refractivity (Wildman–Crippen MR) is 183 cm³/mol. The van der Waals surface area contributed by atoms with Crippen molar-refractivity contribution in [1.82, 2.24) is 0 Å². The molecule has 4 aromatic rings. The van der Waals surface area contributed by atoms with E-state index in [2.05, 4.69) is 159 Å². The minimum atomic E-state index is -2.09. The van der Waals surface area contributed by atoms with Gasteiger partial charge in [-0.3, -0.25) is 0 Å². The van der Waals surface area contributed by atoms with E-state index >= 15 is 0 Å². The van der Waals surface area contributed by atoms with Crippen molar-refractivity contribution in [2.24, 2.45) is 0 Å². The van der Waals surface area contributed by atoms with E-state index in [0.717, 1.165) is 0 Å². The van der Waals surface area contributed by atoms with Crippen LogP contribution in [-0.2, 0) is 0 Å². The third-order valence-corrected chi connectivity index (χ3v) is 24.3. The maximum Gasteiger partial charge on any atom is 1.00 e. The molecule has 4 radical (unpaired) electrons. The van der Waals surface area contributed by atoms with Gasteiger partial charge in [0.15, 0.2) is 0 Å². The number of benzene rings is 4. The van der Waals surface area contributed by atoms with Crippen molar-refractivity contribution in [3.8, 4) is 0 Å². The molecule has 0 aliphatic rings. The van der Waals surface area contributed by atoms with Gasteiger partial charge in [0.25, 0.3) is 0 Å². The monoisotopic (exact) mass is 576 g/mol.